The van der Waals surface area contributed by atoms with Crippen LogP contribution in [0.25, 0.3) is 22.3 Å². The van der Waals surface area contributed by atoms with Gasteiger partial charge in [-0.05, 0) is 36.6 Å². The van der Waals surface area contributed by atoms with Crippen LogP contribution in [0.3, 0.4) is 0 Å². The Bertz CT molecular complexity index is 1120. The Morgan fingerprint density at radius 1 is 1.11 bits per heavy atom. The number of nitrogens with one attached hydrogen (secondary N) is 1. The molecule has 1 N–H and O–H groups in total. The Morgan fingerprint density at radius 2 is 1.93 bits per heavy atom. The van der Waals surface area contributed by atoms with E-state index in [4.69, 9.17) is 0 Å². The number of amides is 1. The number of hydrogen-bond donors (Lipinski definition) is 1. The monoisotopic (exact) mass is 391 g/mol. The van der Waals surface area contributed by atoms with Crippen LogP contribution in [0.4, 0.5) is 5.69 Å². The normalized spacial score (nSPS) is 11.1. The van der Waals surface area contributed by atoms with Crippen molar-refractivity contribution in [1.82, 2.24) is 19.3 Å². The highest BCUT2D eigenvalue weighted by Gasteiger charge is 2.15. The van der Waals surface area contributed by atoms with E-state index >= 15 is 0 Å². The Morgan fingerprint density at radius 3 is 2.71 bits per heavy atom. The van der Waals surface area contributed by atoms with Crippen molar-refractivity contribution in [3.63, 3.8) is 0 Å². The number of fused-ring (bicyclic) bond motifs is 1. The Kier molecular flexibility index (Phi) is 5.16. The maximum Gasteiger partial charge on any atom is 0.234 e. The van der Waals surface area contributed by atoms with Crippen molar-refractivity contribution in [2.75, 3.05) is 11.1 Å². The van der Waals surface area contributed by atoms with Gasteiger partial charge < -0.3 is 14.5 Å². The van der Waals surface area contributed by atoms with Gasteiger partial charge in [0.15, 0.2) is 11.0 Å². The van der Waals surface area contributed by atoms with Gasteiger partial charge >= 0.3 is 0 Å². The van der Waals surface area contributed by atoms with Gasteiger partial charge in [-0.25, -0.2) is 0 Å². The third-order valence-electron chi connectivity index (χ3n) is 4.57. The molecule has 0 fully saturated rings. The van der Waals surface area contributed by atoms with E-state index in [1.807, 2.05) is 48.1 Å². The van der Waals surface area contributed by atoms with Crippen LogP contribution in [-0.2, 0) is 18.4 Å². The lowest BCUT2D eigenvalue weighted by atomic mass is 10.1. The molecule has 0 saturated carbocycles. The molecule has 0 aliphatic carbocycles. The molecule has 4 rings (SSSR count). The van der Waals surface area contributed by atoms with Crippen LogP contribution in [-0.4, -0.2) is 31.0 Å². The summed E-state index contributed by atoms with van der Waals surface area (Å²) in [5, 5.41) is 13.5. The fourth-order valence-electron chi connectivity index (χ4n) is 3.14. The largest absolute Gasteiger partial charge is 0.351 e. The van der Waals surface area contributed by atoms with Gasteiger partial charge in [0.05, 0.1) is 5.75 Å². The number of rotatable bonds is 6. The maximum atomic E-state index is 12.2. The van der Waals surface area contributed by atoms with E-state index in [9.17, 15) is 4.79 Å². The first-order chi connectivity index (χ1) is 13.7. The first-order valence-electron chi connectivity index (χ1n) is 9.12. The number of carbonyl (C=O) groups is 1. The van der Waals surface area contributed by atoms with E-state index in [1.54, 1.807) is 0 Å². The molecular formula is C21H21N5OS. The van der Waals surface area contributed by atoms with Crippen molar-refractivity contribution >= 4 is 34.3 Å². The zero-order valence-corrected chi connectivity index (χ0v) is 16.6. The topological polar surface area (TPSA) is 64.7 Å². The van der Waals surface area contributed by atoms with Crippen LogP contribution < -0.4 is 5.32 Å². The molecule has 0 unspecified atom stereocenters. The molecule has 0 atom stereocenters. The number of para-hydroxylation sites is 1. The molecule has 0 aliphatic rings. The van der Waals surface area contributed by atoms with Crippen molar-refractivity contribution in [2.24, 2.45) is 7.05 Å². The molecule has 1 amide bonds. The summed E-state index contributed by atoms with van der Waals surface area (Å²) in [4.78, 5) is 12.2. The fourth-order valence-corrected chi connectivity index (χ4v) is 3.95. The number of thioether (sulfide) groups is 1. The Hall–Kier alpha value is -3.06. The van der Waals surface area contributed by atoms with E-state index in [-0.39, 0.29) is 11.7 Å². The smallest absolute Gasteiger partial charge is 0.234 e. The highest BCUT2D eigenvalue weighted by molar-refractivity contribution is 7.99. The van der Waals surface area contributed by atoms with E-state index in [2.05, 4.69) is 51.3 Å². The maximum absolute atomic E-state index is 12.2. The highest BCUT2D eigenvalue weighted by Crippen LogP contribution is 2.27. The quantitative estimate of drug-likeness (QED) is 0.501. The summed E-state index contributed by atoms with van der Waals surface area (Å²) in [6, 6.07) is 17.8. The summed E-state index contributed by atoms with van der Waals surface area (Å²) in [6.07, 6.45) is 2.05. The molecule has 142 valence electrons. The molecule has 7 heteroatoms. The van der Waals surface area contributed by atoms with Gasteiger partial charge in [0.2, 0.25) is 5.91 Å². The summed E-state index contributed by atoms with van der Waals surface area (Å²) < 4.78 is 4.14. The van der Waals surface area contributed by atoms with Crippen LogP contribution in [0.2, 0.25) is 0 Å². The van der Waals surface area contributed by atoms with Crippen LogP contribution in [0.5, 0.6) is 0 Å². The minimum atomic E-state index is -0.0615. The van der Waals surface area contributed by atoms with E-state index in [0.29, 0.717) is 0 Å². The standard InChI is InChI=1S/C21H21N5OS/c1-3-26-20(16-10-9-15-11-12-25(2)18(15)13-16)23-24-21(26)28-14-19(27)22-17-7-5-4-6-8-17/h4-13H,3,14H2,1-2H3,(H,22,27). The number of hydrogen-bond acceptors (Lipinski definition) is 4. The lowest BCUT2D eigenvalue weighted by Gasteiger charge is -2.08. The predicted molar refractivity (Wildman–Crippen MR) is 113 cm³/mol. The summed E-state index contributed by atoms with van der Waals surface area (Å²) in [5.74, 6) is 1.04. The van der Waals surface area contributed by atoms with Crippen molar-refractivity contribution in [3.05, 3.63) is 60.8 Å². The van der Waals surface area contributed by atoms with Gasteiger partial charge in [0, 0.05) is 36.6 Å². The molecular weight excluding hydrogens is 370 g/mol. The number of nitrogens with zero attached hydrogens (tertiary/aromatic N) is 4. The van der Waals surface area contributed by atoms with Crippen LogP contribution in [0.15, 0.2) is 66.0 Å². The molecule has 0 aliphatic heterocycles. The molecule has 2 aromatic carbocycles. The summed E-state index contributed by atoms with van der Waals surface area (Å²) >= 11 is 1.40. The predicted octanol–water partition coefficient (Wildman–Crippen LogP) is 4.19. The molecule has 0 spiro atoms. The Balaban J connectivity index is 1.52. The molecule has 2 aromatic heterocycles. The summed E-state index contributed by atoms with van der Waals surface area (Å²) in [6.45, 7) is 2.79. The molecule has 0 saturated heterocycles. The number of aromatic nitrogens is 4. The van der Waals surface area contributed by atoms with Crippen molar-refractivity contribution in [2.45, 2.75) is 18.6 Å². The second-order valence-electron chi connectivity index (χ2n) is 6.45. The average Bonchev–Trinajstić information content (AvgIpc) is 3.30. The van der Waals surface area contributed by atoms with Gasteiger partial charge in [0.1, 0.15) is 0 Å². The van der Waals surface area contributed by atoms with Crippen molar-refractivity contribution < 1.29 is 4.79 Å². The van der Waals surface area contributed by atoms with Gasteiger partial charge in [-0.2, -0.15) is 0 Å². The first kappa shape index (κ1) is 18.3. The van der Waals surface area contributed by atoms with Crippen LogP contribution >= 0.6 is 11.8 Å². The summed E-state index contributed by atoms with van der Waals surface area (Å²) in [7, 11) is 2.03. The van der Waals surface area contributed by atoms with Crippen molar-refractivity contribution in [3.8, 4) is 11.4 Å². The second-order valence-corrected chi connectivity index (χ2v) is 7.40. The zero-order chi connectivity index (χ0) is 19.5. The number of carbonyl (C=O) groups excluding carboxylic acids is 1. The molecule has 6 nitrogen and oxygen atoms in total. The lowest BCUT2D eigenvalue weighted by molar-refractivity contribution is -0.113. The number of anilines is 1. The van der Waals surface area contributed by atoms with Crippen molar-refractivity contribution in [1.29, 1.82) is 0 Å². The molecule has 4 aromatic rings. The fraction of sp³-hybridized carbons (Fsp3) is 0.190. The zero-order valence-electron chi connectivity index (χ0n) is 15.8. The third kappa shape index (κ3) is 3.66. The molecule has 28 heavy (non-hydrogen) atoms. The van der Waals surface area contributed by atoms with Gasteiger partial charge in [-0.1, -0.05) is 42.1 Å². The number of benzene rings is 2. The lowest BCUT2D eigenvalue weighted by Crippen LogP contribution is -2.14. The average molecular weight is 392 g/mol. The number of aryl methyl sites for hydroxylation is 1. The van der Waals surface area contributed by atoms with Gasteiger partial charge in [-0.15, -0.1) is 10.2 Å². The summed E-state index contributed by atoms with van der Waals surface area (Å²) in [5.41, 5.74) is 2.96. The van der Waals surface area contributed by atoms with Crippen LogP contribution in [0.1, 0.15) is 6.92 Å². The Labute approximate surface area is 167 Å². The van der Waals surface area contributed by atoms with E-state index in [1.165, 1.54) is 17.1 Å². The van der Waals surface area contributed by atoms with E-state index in [0.717, 1.165) is 34.3 Å². The van der Waals surface area contributed by atoms with Gasteiger partial charge in [0.25, 0.3) is 0 Å². The highest BCUT2D eigenvalue weighted by atomic mass is 32.2. The molecule has 0 bridgehead atoms. The third-order valence-corrected chi connectivity index (χ3v) is 5.54. The second kappa shape index (κ2) is 7.90. The van der Waals surface area contributed by atoms with Gasteiger partial charge in [-0.3, -0.25) is 4.79 Å². The van der Waals surface area contributed by atoms with E-state index < -0.39 is 0 Å². The van der Waals surface area contributed by atoms with Crippen LogP contribution in [0, 0.1) is 0 Å². The SMILES string of the molecule is CCn1c(SCC(=O)Nc2ccccc2)nnc1-c1ccc2ccn(C)c2c1. The minimum Gasteiger partial charge on any atom is -0.351 e. The minimum absolute atomic E-state index is 0.0615. The molecule has 0 radical (unpaired) electrons. The first-order valence-corrected chi connectivity index (χ1v) is 10.1. The molecule has 2 heterocycles.